The minimum Gasteiger partial charge on any atom is -0.364 e. The molecule has 3 heterocycles. The van der Waals surface area contributed by atoms with Gasteiger partial charge in [0.05, 0.1) is 18.1 Å². The Morgan fingerprint density at radius 2 is 2.24 bits per heavy atom. The zero-order chi connectivity index (χ0) is 14.7. The lowest BCUT2D eigenvalue weighted by Gasteiger charge is -2.08. The van der Waals surface area contributed by atoms with Gasteiger partial charge in [-0.25, -0.2) is 0 Å². The van der Waals surface area contributed by atoms with Crippen molar-refractivity contribution in [2.75, 3.05) is 17.2 Å². The number of anilines is 2. The molecule has 3 rings (SSSR count). The van der Waals surface area contributed by atoms with E-state index in [2.05, 4.69) is 65.1 Å². The summed E-state index contributed by atoms with van der Waals surface area (Å²) in [5.74, 6) is 1.40. The quantitative estimate of drug-likeness (QED) is 0.620. The van der Waals surface area contributed by atoms with Crippen LogP contribution in [0.25, 0.3) is 11.0 Å². The van der Waals surface area contributed by atoms with Crippen LogP contribution in [0.4, 0.5) is 11.8 Å². The van der Waals surface area contributed by atoms with Gasteiger partial charge in [0.15, 0.2) is 5.65 Å². The van der Waals surface area contributed by atoms with E-state index >= 15 is 0 Å². The molecule has 0 fully saturated rings. The number of fused-ring (bicyclic) bond motifs is 1. The van der Waals surface area contributed by atoms with Crippen molar-refractivity contribution in [2.24, 2.45) is 0 Å². The average molecular weight is 367 g/mol. The van der Waals surface area contributed by atoms with Gasteiger partial charge in [0.2, 0.25) is 5.95 Å². The Morgan fingerprint density at radius 1 is 1.33 bits per heavy atom. The number of rotatable bonds is 6. The van der Waals surface area contributed by atoms with Crippen molar-refractivity contribution in [1.29, 1.82) is 0 Å². The number of hydrogen-bond acceptors (Lipinski definition) is 6. The lowest BCUT2D eigenvalue weighted by molar-refractivity contribution is 0.953. The molecule has 21 heavy (non-hydrogen) atoms. The highest BCUT2D eigenvalue weighted by Gasteiger charge is 2.09. The number of hydrogen-bond donors (Lipinski definition) is 3. The van der Waals surface area contributed by atoms with Gasteiger partial charge in [-0.1, -0.05) is 6.92 Å². The third-order valence-electron chi connectivity index (χ3n) is 2.89. The number of aromatic nitrogens is 4. The second-order valence-corrected chi connectivity index (χ2v) is 6.45. The van der Waals surface area contributed by atoms with Crippen molar-refractivity contribution >= 4 is 50.1 Å². The largest absolute Gasteiger partial charge is 0.364 e. The Labute approximate surface area is 134 Å². The lowest BCUT2D eigenvalue weighted by Crippen LogP contribution is -2.07. The summed E-state index contributed by atoms with van der Waals surface area (Å²) >= 11 is 5.17. The molecular weight excluding hydrogens is 352 g/mol. The van der Waals surface area contributed by atoms with Crippen molar-refractivity contribution < 1.29 is 0 Å². The van der Waals surface area contributed by atoms with Gasteiger partial charge in [0.25, 0.3) is 0 Å². The molecule has 0 atom stereocenters. The summed E-state index contributed by atoms with van der Waals surface area (Å²) in [6.07, 6.45) is 2.77. The van der Waals surface area contributed by atoms with Crippen molar-refractivity contribution in [3.8, 4) is 0 Å². The van der Waals surface area contributed by atoms with E-state index in [1.165, 1.54) is 4.88 Å². The number of aromatic amines is 1. The predicted octanol–water partition coefficient (Wildman–Crippen LogP) is 3.61. The summed E-state index contributed by atoms with van der Waals surface area (Å²) < 4.78 is 1.10. The first-order chi connectivity index (χ1) is 10.3. The molecule has 8 heteroatoms. The molecule has 3 aromatic rings. The first-order valence-corrected chi connectivity index (χ1v) is 8.35. The summed E-state index contributed by atoms with van der Waals surface area (Å²) in [5, 5.41) is 16.5. The highest BCUT2D eigenvalue weighted by molar-refractivity contribution is 9.10. The molecule has 0 aliphatic carbocycles. The summed E-state index contributed by atoms with van der Waals surface area (Å²) in [6, 6.07) is 2.10. The van der Waals surface area contributed by atoms with Crippen LogP contribution in [0, 0.1) is 0 Å². The summed E-state index contributed by atoms with van der Waals surface area (Å²) in [7, 11) is 0. The zero-order valence-corrected chi connectivity index (χ0v) is 13.9. The Balaban J connectivity index is 1.83. The van der Waals surface area contributed by atoms with E-state index in [0.29, 0.717) is 5.95 Å². The van der Waals surface area contributed by atoms with Crippen LogP contribution in [0.2, 0.25) is 0 Å². The zero-order valence-electron chi connectivity index (χ0n) is 11.5. The fourth-order valence-corrected chi connectivity index (χ4v) is 3.29. The van der Waals surface area contributed by atoms with Crippen LogP contribution in [-0.2, 0) is 6.54 Å². The van der Waals surface area contributed by atoms with E-state index in [4.69, 9.17) is 0 Å². The second-order valence-electron chi connectivity index (χ2n) is 4.54. The molecule has 3 N–H and O–H groups in total. The summed E-state index contributed by atoms with van der Waals surface area (Å²) in [4.78, 5) is 10.2. The van der Waals surface area contributed by atoms with Crippen molar-refractivity contribution in [2.45, 2.75) is 19.9 Å². The topological polar surface area (TPSA) is 78.5 Å². The van der Waals surface area contributed by atoms with Crippen LogP contribution < -0.4 is 10.6 Å². The van der Waals surface area contributed by atoms with Crippen molar-refractivity contribution in [3.63, 3.8) is 0 Å². The fraction of sp³-hybridized carbons (Fsp3) is 0.308. The third-order valence-corrected chi connectivity index (χ3v) is 4.59. The first kappa shape index (κ1) is 14.3. The molecule has 0 amide bonds. The molecule has 0 aliphatic heterocycles. The lowest BCUT2D eigenvalue weighted by atomic mass is 10.3. The van der Waals surface area contributed by atoms with E-state index in [0.717, 1.165) is 40.8 Å². The number of H-pyrrole nitrogens is 1. The number of nitrogens with one attached hydrogen (secondary N) is 3. The summed E-state index contributed by atoms with van der Waals surface area (Å²) in [6.45, 7) is 3.67. The van der Waals surface area contributed by atoms with Gasteiger partial charge < -0.3 is 10.6 Å². The van der Waals surface area contributed by atoms with Crippen LogP contribution >= 0.6 is 27.3 Å². The standard InChI is InChI=1S/C13H15BrN6S/c1-2-3-15-13-18-11(10-6-17-20-12(10)19-13)16-5-9-4-8(14)7-21-9/h4,6-7H,2-3,5H2,1H3,(H3,15,16,17,18,19,20). The number of nitrogens with zero attached hydrogens (tertiary/aromatic N) is 3. The molecule has 0 aromatic carbocycles. The first-order valence-electron chi connectivity index (χ1n) is 6.68. The molecule has 0 spiro atoms. The highest BCUT2D eigenvalue weighted by Crippen LogP contribution is 2.23. The molecule has 110 valence electrons. The highest BCUT2D eigenvalue weighted by atomic mass is 79.9. The molecule has 0 saturated carbocycles. The molecule has 0 bridgehead atoms. The van der Waals surface area contributed by atoms with Crippen LogP contribution in [-0.4, -0.2) is 26.7 Å². The third kappa shape index (κ3) is 3.33. The normalized spacial score (nSPS) is 11.0. The van der Waals surface area contributed by atoms with E-state index in [9.17, 15) is 0 Å². The Morgan fingerprint density at radius 3 is 3.00 bits per heavy atom. The minimum atomic E-state index is 0.614. The van der Waals surface area contributed by atoms with Gasteiger partial charge in [-0.05, 0) is 28.4 Å². The molecule has 6 nitrogen and oxygen atoms in total. The molecule has 0 radical (unpaired) electrons. The van der Waals surface area contributed by atoms with E-state index in [-0.39, 0.29) is 0 Å². The number of halogens is 1. The maximum atomic E-state index is 4.53. The SMILES string of the molecule is CCCNc1nc(NCc2cc(Br)cs2)c2cn[nH]c2n1. The molecule has 0 aliphatic rings. The predicted molar refractivity (Wildman–Crippen MR) is 89.8 cm³/mol. The van der Waals surface area contributed by atoms with E-state index in [1.807, 2.05) is 0 Å². The van der Waals surface area contributed by atoms with Crippen LogP contribution in [0.3, 0.4) is 0 Å². The maximum absolute atomic E-state index is 4.53. The van der Waals surface area contributed by atoms with Crippen LogP contribution in [0.15, 0.2) is 22.1 Å². The monoisotopic (exact) mass is 366 g/mol. The number of thiophene rings is 1. The molecule has 0 saturated heterocycles. The second kappa shape index (κ2) is 6.40. The van der Waals surface area contributed by atoms with Gasteiger partial charge >= 0.3 is 0 Å². The molecule has 3 aromatic heterocycles. The van der Waals surface area contributed by atoms with E-state index < -0.39 is 0 Å². The van der Waals surface area contributed by atoms with Crippen molar-refractivity contribution in [3.05, 3.63) is 27.0 Å². The van der Waals surface area contributed by atoms with Gasteiger partial charge in [-0.15, -0.1) is 11.3 Å². The molecule has 0 unspecified atom stereocenters. The van der Waals surface area contributed by atoms with Crippen molar-refractivity contribution in [1.82, 2.24) is 20.2 Å². The van der Waals surface area contributed by atoms with Gasteiger partial charge in [0.1, 0.15) is 5.82 Å². The van der Waals surface area contributed by atoms with Crippen LogP contribution in [0.1, 0.15) is 18.2 Å². The molecular formula is C13H15BrN6S. The van der Waals surface area contributed by atoms with Crippen LogP contribution in [0.5, 0.6) is 0 Å². The average Bonchev–Trinajstić information content (AvgIpc) is 3.11. The van der Waals surface area contributed by atoms with E-state index in [1.54, 1.807) is 17.5 Å². The Bertz CT molecular complexity index is 737. The smallest absolute Gasteiger partial charge is 0.226 e. The minimum absolute atomic E-state index is 0.614. The summed E-state index contributed by atoms with van der Waals surface area (Å²) in [5.41, 5.74) is 0.735. The van der Waals surface area contributed by atoms with Gasteiger partial charge in [-0.2, -0.15) is 15.1 Å². The van der Waals surface area contributed by atoms with Gasteiger partial charge in [0, 0.05) is 21.3 Å². The Kier molecular flexibility index (Phi) is 4.35. The maximum Gasteiger partial charge on any atom is 0.226 e. The fourth-order valence-electron chi connectivity index (χ4n) is 1.90. The van der Waals surface area contributed by atoms with Gasteiger partial charge in [-0.3, -0.25) is 5.10 Å². The Hall–Kier alpha value is -1.67.